The van der Waals surface area contributed by atoms with Gasteiger partial charge in [0.2, 0.25) is 6.19 Å². The van der Waals surface area contributed by atoms with Gasteiger partial charge in [-0.15, -0.1) is 4.99 Å². The first-order valence-corrected chi connectivity index (χ1v) is 1.35. The lowest BCUT2D eigenvalue weighted by atomic mass is 11.3. The van der Waals surface area contributed by atoms with Crippen molar-refractivity contribution in [3.05, 3.63) is 0 Å². The van der Waals surface area contributed by atoms with Gasteiger partial charge >= 0.3 is 0 Å². The Balaban J connectivity index is 3.02. The lowest BCUT2D eigenvalue weighted by Crippen LogP contribution is -1.71. The van der Waals surface area contributed by atoms with E-state index in [0.29, 0.717) is 0 Å². The normalized spacial score (nSPS) is 8.00. The number of hydrogen-bond donors (Lipinski definition) is 0. The van der Waals surface area contributed by atoms with Crippen LogP contribution in [0.3, 0.4) is 0 Å². The fourth-order valence-electron chi connectivity index (χ4n) is 0.0763. The number of ether oxygens (including phenoxy) is 1. The first-order valence-electron chi connectivity index (χ1n) is 1.35. The van der Waals surface area contributed by atoms with Gasteiger partial charge in [0, 0.05) is 0 Å². The summed E-state index contributed by atoms with van der Waals surface area (Å²) in [4.78, 5) is 3.05. The third kappa shape index (κ3) is 2.96. The first-order chi connectivity index (χ1) is 2.91. The molecule has 0 spiro atoms. The maximum absolute atomic E-state index is 7.67. The highest BCUT2D eigenvalue weighted by Crippen LogP contribution is 1.54. The van der Waals surface area contributed by atoms with Crippen LogP contribution in [0.1, 0.15) is 0 Å². The van der Waals surface area contributed by atoms with E-state index < -0.39 is 0 Å². The molecule has 0 aliphatic rings. The summed E-state index contributed by atoms with van der Waals surface area (Å²) in [7, 11) is 1.43. The predicted octanol–water partition coefficient (Wildman–Crippen LogP) is 0.142. The molecule has 0 aromatic rings. The highest BCUT2D eigenvalue weighted by molar-refractivity contribution is 5.47. The number of aliphatic imine (C=N–C) groups is 1. The number of rotatable bonds is 1. The maximum atomic E-state index is 7.67. The minimum absolute atomic E-state index is 1.07. The Morgan fingerprint density at radius 1 is 2.00 bits per heavy atom. The third-order valence-electron chi connectivity index (χ3n) is 0.216. The number of methoxy groups -OCH3 is 1. The number of nitriles is 1. The van der Waals surface area contributed by atoms with Crippen LogP contribution >= 0.6 is 0 Å². The topological polar surface area (TPSA) is 45.4 Å². The zero-order chi connectivity index (χ0) is 4.83. The second kappa shape index (κ2) is 3.96. The van der Waals surface area contributed by atoms with E-state index in [1.54, 1.807) is 0 Å². The van der Waals surface area contributed by atoms with Crippen molar-refractivity contribution in [1.82, 2.24) is 0 Å². The molecule has 0 atom stereocenters. The molecule has 0 amide bonds. The molecule has 0 aliphatic carbocycles. The molecule has 0 rings (SSSR count). The van der Waals surface area contributed by atoms with Crippen LogP contribution in [0.5, 0.6) is 0 Å². The van der Waals surface area contributed by atoms with E-state index in [1.807, 2.05) is 0 Å². The summed E-state index contributed by atoms with van der Waals surface area (Å²) < 4.78 is 4.27. The van der Waals surface area contributed by atoms with Crippen molar-refractivity contribution in [2.75, 3.05) is 7.11 Å². The Labute approximate surface area is 35.9 Å². The molecule has 0 radical (unpaired) electrons. The third-order valence-corrected chi connectivity index (χ3v) is 0.216. The van der Waals surface area contributed by atoms with E-state index in [4.69, 9.17) is 5.26 Å². The summed E-state index contributed by atoms with van der Waals surface area (Å²) in [6, 6.07) is 0. The molecule has 0 saturated carbocycles. The van der Waals surface area contributed by atoms with Crippen molar-refractivity contribution in [3.63, 3.8) is 0 Å². The van der Waals surface area contributed by atoms with Crippen molar-refractivity contribution >= 4 is 6.40 Å². The molecule has 6 heavy (non-hydrogen) atoms. The van der Waals surface area contributed by atoms with Gasteiger partial charge in [0.15, 0.2) is 6.40 Å². The molecule has 0 saturated heterocycles. The van der Waals surface area contributed by atoms with Crippen LogP contribution in [0.4, 0.5) is 0 Å². The van der Waals surface area contributed by atoms with Gasteiger partial charge < -0.3 is 4.74 Å². The summed E-state index contributed by atoms with van der Waals surface area (Å²) in [6.45, 7) is 0. The molecule has 0 unspecified atom stereocenters. The van der Waals surface area contributed by atoms with E-state index in [9.17, 15) is 0 Å². The SMILES string of the molecule is CO/C=N/C#N. The molecule has 3 heteroatoms. The van der Waals surface area contributed by atoms with E-state index in [0.717, 1.165) is 6.40 Å². The molecule has 0 aromatic carbocycles. The van der Waals surface area contributed by atoms with Crippen LogP contribution < -0.4 is 0 Å². The lowest BCUT2D eigenvalue weighted by molar-refractivity contribution is 0.423. The van der Waals surface area contributed by atoms with Crippen LogP contribution in [0.2, 0.25) is 0 Å². The lowest BCUT2D eigenvalue weighted by Gasteiger charge is -1.74. The fourth-order valence-corrected chi connectivity index (χ4v) is 0.0763. The summed E-state index contributed by atoms with van der Waals surface area (Å²) in [5.74, 6) is 0. The Morgan fingerprint density at radius 3 is 2.83 bits per heavy atom. The Kier molecular flexibility index (Phi) is 3.27. The minimum Gasteiger partial charge on any atom is -0.486 e. The molecular formula is C3H4N2O. The van der Waals surface area contributed by atoms with Crippen LogP contribution in [0, 0.1) is 11.5 Å². The molecule has 3 nitrogen and oxygen atoms in total. The zero-order valence-electron chi connectivity index (χ0n) is 3.38. The van der Waals surface area contributed by atoms with E-state index >= 15 is 0 Å². The van der Waals surface area contributed by atoms with E-state index in [2.05, 4.69) is 9.73 Å². The molecule has 0 N–H and O–H groups in total. The van der Waals surface area contributed by atoms with Gasteiger partial charge in [-0.2, -0.15) is 5.26 Å². The van der Waals surface area contributed by atoms with Crippen LogP contribution in [-0.4, -0.2) is 13.5 Å². The highest BCUT2D eigenvalue weighted by atomic mass is 16.5. The van der Waals surface area contributed by atoms with Crippen molar-refractivity contribution in [2.45, 2.75) is 0 Å². The van der Waals surface area contributed by atoms with Gasteiger partial charge in [0.1, 0.15) is 0 Å². The van der Waals surface area contributed by atoms with Crippen LogP contribution in [0.15, 0.2) is 4.99 Å². The van der Waals surface area contributed by atoms with Crippen molar-refractivity contribution in [1.29, 1.82) is 5.26 Å². The molecular weight excluding hydrogens is 80.0 g/mol. The predicted molar refractivity (Wildman–Crippen MR) is 21.1 cm³/mol. The molecule has 0 bridgehead atoms. The maximum Gasteiger partial charge on any atom is 0.208 e. The largest absolute Gasteiger partial charge is 0.486 e. The first kappa shape index (κ1) is 4.96. The van der Waals surface area contributed by atoms with Gasteiger partial charge in [-0.1, -0.05) is 0 Å². The second-order valence-corrected chi connectivity index (χ2v) is 0.570. The highest BCUT2D eigenvalue weighted by Gasteiger charge is 1.55. The number of nitrogens with zero attached hydrogens (tertiary/aromatic N) is 2. The summed E-state index contributed by atoms with van der Waals surface area (Å²) >= 11 is 0. The van der Waals surface area contributed by atoms with Crippen molar-refractivity contribution in [2.24, 2.45) is 4.99 Å². The molecule has 0 fully saturated rings. The van der Waals surface area contributed by atoms with E-state index in [1.165, 1.54) is 13.3 Å². The van der Waals surface area contributed by atoms with Gasteiger partial charge in [-0.3, -0.25) is 0 Å². The Hall–Kier alpha value is -1.04. The fraction of sp³-hybridized carbons (Fsp3) is 0.333. The van der Waals surface area contributed by atoms with E-state index in [-0.39, 0.29) is 0 Å². The molecule has 0 aliphatic heterocycles. The number of hydrogen-bond acceptors (Lipinski definition) is 3. The van der Waals surface area contributed by atoms with Crippen molar-refractivity contribution in [3.8, 4) is 6.19 Å². The smallest absolute Gasteiger partial charge is 0.208 e. The van der Waals surface area contributed by atoms with Gasteiger partial charge in [-0.05, 0) is 0 Å². The summed E-state index contributed by atoms with van der Waals surface area (Å²) in [6.07, 6.45) is 2.58. The van der Waals surface area contributed by atoms with Crippen LogP contribution in [-0.2, 0) is 4.74 Å². The quantitative estimate of drug-likeness (QED) is 0.258. The van der Waals surface area contributed by atoms with Gasteiger partial charge in [0.05, 0.1) is 7.11 Å². The molecule has 32 valence electrons. The second-order valence-electron chi connectivity index (χ2n) is 0.570. The van der Waals surface area contributed by atoms with Gasteiger partial charge in [-0.25, -0.2) is 0 Å². The Morgan fingerprint density at radius 2 is 2.67 bits per heavy atom. The average Bonchev–Trinajstić information content (AvgIpc) is 1.61. The molecule has 0 aromatic heterocycles. The summed E-state index contributed by atoms with van der Waals surface area (Å²) in [5.41, 5.74) is 0. The Bertz CT molecular complexity index is 81.3. The van der Waals surface area contributed by atoms with Gasteiger partial charge in [0.25, 0.3) is 0 Å². The zero-order valence-corrected chi connectivity index (χ0v) is 3.38. The van der Waals surface area contributed by atoms with Crippen LogP contribution in [0.25, 0.3) is 0 Å². The minimum atomic E-state index is 1.07. The average molecular weight is 84.1 g/mol. The molecule has 0 heterocycles. The van der Waals surface area contributed by atoms with Crippen molar-refractivity contribution < 1.29 is 4.74 Å². The standard InChI is InChI=1S/C3H4N2O/c1-6-3-5-2-4/h3H,1H3/b5-3+. The summed E-state index contributed by atoms with van der Waals surface area (Å²) in [5, 5.41) is 7.67. The monoisotopic (exact) mass is 84.0 g/mol.